The molecule has 1 aromatic rings. The van der Waals surface area contributed by atoms with Crippen LogP contribution in [-0.2, 0) is 35.1 Å². The van der Waals surface area contributed by atoms with Crippen LogP contribution in [0.25, 0.3) is 0 Å². The molecule has 1 aromatic carbocycles. The molecule has 0 fully saturated rings. The number of benzene rings is 1. The first-order chi connectivity index (χ1) is 21.9. The fraction of sp³-hybridized carbons (Fsp3) is 0.694. The molecular weight excluding hydrogens is 600 g/mol. The molecule has 0 aliphatic heterocycles. The van der Waals surface area contributed by atoms with Gasteiger partial charge >= 0.3 is 6.03 Å². The molecule has 2 atom stereocenters. The zero-order chi connectivity index (χ0) is 35.6. The van der Waals surface area contributed by atoms with Crippen LogP contribution >= 0.6 is 0 Å². The summed E-state index contributed by atoms with van der Waals surface area (Å²) in [6.45, 7) is 17.6. The lowest BCUT2D eigenvalue weighted by atomic mass is 9.88. The summed E-state index contributed by atoms with van der Waals surface area (Å²) in [7, 11) is 0. The van der Waals surface area contributed by atoms with Gasteiger partial charge in [0.05, 0.1) is 25.9 Å². The molecule has 0 saturated heterocycles. The van der Waals surface area contributed by atoms with Crippen LogP contribution in [0.4, 0.5) is 10.5 Å². The molecule has 0 unspecified atom stereocenters. The Morgan fingerprint density at radius 3 is 2.00 bits per heavy atom. The molecule has 4 amide bonds. The molecule has 0 aliphatic rings. The zero-order valence-electron chi connectivity index (χ0n) is 30.0. The van der Waals surface area contributed by atoms with Crippen molar-refractivity contribution < 1.29 is 33.4 Å². The number of urea groups is 1. The highest BCUT2D eigenvalue weighted by molar-refractivity contribution is 5.97. The standard InChI is InChI=1S/C36H60N4O7/c1-25(2)32(40-31(43)12-10-19-46-21-22-47-20-17-30(42)36(6,7)8)29(41)23-27(11-9-18-38-34(37)45)33(44)39-28-15-13-26(14-16-28)24-35(3,4)5/h13-16,25,27,32H,9-12,17-24H2,1-8H3,(H,39,44)(H,40,43)(H3,37,38,45)/t27-,32+/m1/s1. The highest BCUT2D eigenvalue weighted by atomic mass is 16.5. The molecule has 1 rings (SSSR count). The lowest BCUT2D eigenvalue weighted by Gasteiger charge is -2.24. The van der Waals surface area contributed by atoms with E-state index in [1.807, 2.05) is 58.9 Å². The monoisotopic (exact) mass is 660 g/mol. The van der Waals surface area contributed by atoms with Gasteiger partial charge in [-0.2, -0.15) is 0 Å². The van der Waals surface area contributed by atoms with E-state index in [4.69, 9.17) is 15.2 Å². The van der Waals surface area contributed by atoms with Gasteiger partial charge in [-0.3, -0.25) is 19.2 Å². The number of anilines is 1. The highest BCUT2D eigenvalue weighted by Crippen LogP contribution is 2.23. The average molecular weight is 661 g/mol. The number of nitrogens with two attached hydrogens (primary N) is 1. The molecule has 11 nitrogen and oxygen atoms in total. The summed E-state index contributed by atoms with van der Waals surface area (Å²) < 4.78 is 11.0. The summed E-state index contributed by atoms with van der Waals surface area (Å²) in [4.78, 5) is 62.6. The van der Waals surface area contributed by atoms with E-state index >= 15 is 0 Å². The maximum Gasteiger partial charge on any atom is 0.312 e. The molecule has 11 heteroatoms. The van der Waals surface area contributed by atoms with Crippen molar-refractivity contribution in [3.8, 4) is 0 Å². The van der Waals surface area contributed by atoms with E-state index in [9.17, 15) is 24.0 Å². The summed E-state index contributed by atoms with van der Waals surface area (Å²) in [5, 5.41) is 8.31. The van der Waals surface area contributed by atoms with E-state index in [-0.39, 0.29) is 59.5 Å². The Labute approximate surface area is 281 Å². The molecule has 0 heterocycles. The number of Topliss-reactive ketones (excluding diaryl/α,β-unsaturated/α-hetero) is 2. The van der Waals surface area contributed by atoms with Crippen molar-refractivity contribution in [3.63, 3.8) is 0 Å². The third-order valence-corrected chi connectivity index (χ3v) is 7.51. The van der Waals surface area contributed by atoms with Crippen molar-refractivity contribution in [1.29, 1.82) is 0 Å². The van der Waals surface area contributed by atoms with Gasteiger partial charge in [0.15, 0.2) is 5.78 Å². The number of nitrogens with one attached hydrogen (secondary N) is 3. The molecule has 0 bridgehead atoms. The van der Waals surface area contributed by atoms with Crippen LogP contribution < -0.4 is 21.7 Å². The summed E-state index contributed by atoms with van der Waals surface area (Å²) in [6.07, 6.45) is 2.67. The molecule has 266 valence electrons. The number of carbonyl (C=O) groups excluding carboxylic acids is 5. The summed E-state index contributed by atoms with van der Waals surface area (Å²) in [6, 6.07) is 6.29. The van der Waals surface area contributed by atoms with Crippen molar-refractivity contribution in [2.45, 2.75) is 106 Å². The first kappa shape index (κ1) is 41.7. The molecule has 5 N–H and O–H groups in total. The number of ether oxygens (including phenoxy) is 2. The smallest absolute Gasteiger partial charge is 0.312 e. The van der Waals surface area contributed by atoms with Crippen LogP contribution in [0, 0.1) is 22.7 Å². The predicted molar refractivity (Wildman–Crippen MR) is 185 cm³/mol. The largest absolute Gasteiger partial charge is 0.379 e. The molecular formula is C36H60N4O7. The maximum absolute atomic E-state index is 13.5. The van der Waals surface area contributed by atoms with Crippen molar-refractivity contribution in [3.05, 3.63) is 29.8 Å². The molecule has 0 aliphatic carbocycles. The number of primary amides is 1. The van der Waals surface area contributed by atoms with Crippen LogP contribution in [0.15, 0.2) is 24.3 Å². The van der Waals surface area contributed by atoms with E-state index in [0.29, 0.717) is 57.8 Å². The maximum atomic E-state index is 13.5. The lowest BCUT2D eigenvalue weighted by Crippen LogP contribution is -2.45. The molecule has 0 spiro atoms. The first-order valence-electron chi connectivity index (χ1n) is 16.8. The second-order valence-electron chi connectivity index (χ2n) is 14.8. The molecule has 0 saturated carbocycles. The quantitative estimate of drug-likeness (QED) is 0.124. The van der Waals surface area contributed by atoms with Gasteiger partial charge in [0.2, 0.25) is 11.8 Å². The third-order valence-electron chi connectivity index (χ3n) is 7.51. The lowest BCUT2D eigenvalue weighted by molar-refractivity contribution is -0.131. The second kappa shape index (κ2) is 20.8. The average Bonchev–Trinajstić information content (AvgIpc) is 2.95. The number of carbonyl (C=O) groups is 5. The van der Waals surface area contributed by atoms with Crippen LogP contribution in [0.1, 0.15) is 99.5 Å². The van der Waals surface area contributed by atoms with Crippen molar-refractivity contribution >= 4 is 35.1 Å². The van der Waals surface area contributed by atoms with Gasteiger partial charge in [0.25, 0.3) is 0 Å². The van der Waals surface area contributed by atoms with Gasteiger partial charge in [-0.05, 0) is 54.7 Å². The Balaban J connectivity index is 2.64. The minimum absolute atomic E-state index is 0.0574. The topological polar surface area (TPSA) is 166 Å². The van der Waals surface area contributed by atoms with Gasteiger partial charge < -0.3 is 31.2 Å². The first-order valence-corrected chi connectivity index (χ1v) is 16.8. The van der Waals surface area contributed by atoms with Crippen LogP contribution in [-0.4, -0.2) is 68.4 Å². The fourth-order valence-corrected chi connectivity index (χ4v) is 4.88. The minimum atomic E-state index is -0.747. The van der Waals surface area contributed by atoms with Crippen LogP contribution in [0.5, 0.6) is 0 Å². The number of ketones is 2. The van der Waals surface area contributed by atoms with Gasteiger partial charge in [-0.15, -0.1) is 0 Å². The Bertz CT molecular complexity index is 1140. The summed E-state index contributed by atoms with van der Waals surface area (Å²) in [5.41, 5.74) is 6.73. The minimum Gasteiger partial charge on any atom is -0.379 e. The SMILES string of the molecule is CC(C)[C@H](NC(=O)CCCOCCOCCC(=O)C(C)(C)C)C(=O)C[C@@H](CCCNC(N)=O)C(=O)Nc1ccc(CC(C)(C)C)cc1. The Morgan fingerprint density at radius 2 is 1.45 bits per heavy atom. The van der Waals surface area contributed by atoms with Gasteiger partial charge in [-0.1, -0.05) is 67.5 Å². The zero-order valence-corrected chi connectivity index (χ0v) is 30.0. The van der Waals surface area contributed by atoms with Gasteiger partial charge in [0.1, 0.15) is 5.78 Å². The third kappa shape index (κ3) is 19.2. The van der Waals surface area contributed by atoms with Crippen LogP contribution in [0.3, 0.4) is 0 Å². The number of hydrogen-bond donors (Lipinski definition) is 4. The number of amides is 4. The number of hydrogen-bond acceptors (Lipinski definition) is 7. The molecule has 0 radical (unpaired) electrons. The molecule has 0 aromatic heterocycles. The molecule has 47 heavy (non-hydrogen) atoms. The fourth-order valence-electron chi connectivity index (χ4n) is 4.88. The van der Waals surface area contributed by atoms with E-state index in [0.717, 1.165) is 12.0 Å². The highest BCUT2D eigenvalue weighted by Gasteiger charge is 2.29. The second-order valence-corrected chi connectivity index (χ2v) is 14.8. The van der Waals surface area contributed by atoms with E-state index in [1.54, 1.807) is 0 Å². The van der Waals surface area contributed by atoms with Crippen molar-refractivity contribution in [2.24, 2.45) is 28.4 Å². The van der Waals surface area contributed by atoms with Gasteiger partial charge in [-0.25, -0.2) is 4.79 Å². The van der Waals surface area contributed by atoms with E-state index in [2.05, 4.69) is 36.7 Å². The van der Waals surface area contributed by atoms with Crippen molar-refractivity contribution in [1.82, 2.24) is 10.6 Å². The normalized spacial score (nSPS) is 13.1. The predicted octanol–water partition coefficient (Wildman–Crippen LogP) is 5.20. The Hall–Kier alpha value is -3.31. The Morgan fingerprint density at radius 1 is 0.830 bits per heavy atom. The van der Waals surface area contributed by atoms with E-state index in [1.165, 1.54) is 0 Å². The van der Waals surface area contributed by atoms with Gasteiger partial charge in [0, 0.05) is 49.4 Å². The van der Waals surface area contributed by atoms with Crippen molar-refractivity contribution in [2.75, 3.05) is 38.3 Å². The Kier molecular flexibility index (Phi) is 18.5. The van der Waals surface area contributed by atoms with Crippen LogP contribution in [0.2, 0.25) is 0 Å². The van der Waals surface area contributed by atoms with E-state index < -0.39 is 18.0 Å². The summed E-state index contributed by atoms with van der Waals surface area (Å²) in [5.74, 6) is -1.48. The summed E-state index contributed by atoms with van der Waals surface area (Å²) >= 11 is 0. The number of rotatable bonds is 22.